The second-order valence-electron chi connectivity index (χ2n) is 5.53. The minimum atomic E-state index is -0.0354. The van der Waals surface area contributed by atoms with Crippen LogP contribution < -0.4 is 10.5 Å². The Hall–Kier alpha value is -0.540. The van der Waals surface area contributed by atoms with Crippen molar-refractivity contribution >= 4 is 15.9 Å². The van der Waals surface area contributed by atoms with Gasteiger partial charge in [0.2, 0.25) is 0 Å². The third kappa shape index (κ3) is 2.89. The first kappa shape index (κ1) is 13.9. The predicted octanol–water partition coefficient (Wildman–Crippen LogP) is 3.91. The molecule has 1 aromatic carbocycles. The molecule has 2 nitrogen and oxygen atoms in total. The lowest BCUT2D eigenvalue weighted by Gasteiger charge is -2.39. The SMILES string of the molecule is COc1ccc(CC2(N)CCCCC2C)cc1Br. The standard InChI is InChI=1S/C15H22BrNO/c1-11-5-3-4-8-15(11,17)10-12-6-7-14(18-2)13(16)9-12/h6-7,9,11H,3-5,8,10,17H2,1-2H3. The molecule has 0 aliphatic heterocycles. The van der Waals surface area contributed by atoms with Crippen molar-refractivity contribution in [2.24, 2.45) is 11.7 Å². The van der Waals surface area contributed by atoms with Crippen LogP contribution >= 0.6 is 15.9 Å². The van der Waals surface area contributed by atoms with Gasteiger partial charge in [-0.05, 0) is 58.8 Å². The highest BCUT2D eigenvalue weighted by Gasteiger charge is 2.34. The number of hydrogen-bond acceptors (Lipinski definition) is 2. The molecule has 1 saturated carbocycles. The Morgan fingerprint density at radius 2 is 2.22 bits per heavy atom. The van der Waals surface area contributed by atoms with Gasteiger partial charge in [0.1, 0.15) is 5.75 Å². The smallest absolute Gasteiger partial charge is 0.133 e. The summed E-state index contributed by atoms with van der Waals surface area (Å²) in [5.41, 5.74) is 7.86. The van der Waals surface area contributed by atoms with Gasteiger partial charge in [-0.1, -0.05) is 25.8 Å². The molecular formula is C15H22BrNO. The summed E-state index contributed by atoms with van der Waals surface area (Å²) >= 11 is 3.54. The lowest BCUT2D eigenvalue weighted by Crippen LogP contribution is -2.49. The van der Waals surface area contributed by atoms with Crippen LogP contribution in [0.5, 0.6) is 5.75 Å². The third-order valence-electron chi connectivity index (χ3n) is 4.26. The third-order valence-corrected chi connectivity index (χ3v) is 4.88. The first-order chi connectivity index (χ1) is 8.55. The summed E-state index contributed by atoms with van der Waals surface area (Å²) in [6.07, 6.45) is 5.94. The zero-order valence-electron chi connectivity index (χ0n) is 11.2. The van der Waals surface area contributed by atoms with Crippen LogP contribution in [0, 0.1) is 5.92 Å². The van der Waals surface area contributed by atoms with Crippen molar-refractivity contribution in [2.75, 3.05) is 7.11 Å². The van der Waals surface area contributed by atoms with Crippen LogP contribution in [0.2, 0.25) is 0 Å². The van der Waals surface area contributed by atoms with E-state index in [2.05, 4.69) is 35.0 Å². The highest BCUT2D eigenvalue weighted by atomic mass is 79.9. The van der Waals surface area contributed by atoms with Gasteiger partial charge in [0.05, 0.1) is 11.6 Å². The molecule has 0 heterocycles. The fourth-order valence-electron chi connectivity index (χ4n) is 2.90. The monoisotopic (exact) mass is 311 g/mol. The molecule has 2 atom stereocenters. The lowest BCUT2D eigenvalue weighted by molar-refractivity contribution is 0.204. The minimum Gasteiger partial charge on any atom is -0.496 e. The zero-order chi connectivity index (χ0) is 13.2. The Balaban J connectivity index is 2.15. The van der Waals surface area contributed by atoms with E-state index in [9.17, 15) is 0 Å². The summed E-state index contributed by atoms with van der Waals surface area (Å²) in [5.74, 6) is 1.48. The second kappa shape index (κ2) is 5.62. The minimum absolute atomic E-state index is 0.0354. The molecule has 100 valence electrons. The van der Waals surface area contributed by atoms with Crippen LogP contribution in [-0.2, 0) is 6.42 Å². The molecule has 3 heteroatoms. The fourth-order valence-corrected chi connectivity index (χ4v) is 3.49. The van der Waals surface area contributed by atoms with Crippen molar-refractivity contribution < 1.29 is 4.74 Å². The van der Waals surface area contributed by atoms with Gasteiger partial charge >= 0.3 is 0 Å². The van der Waals surface area contributed by atoms with Crippen LogP contribution in [0.1, 0.15) is 38.2 Å². The molecular weight excluding hydrogens is 290 g/mol. The molecule has 0 aromatic heterocycles. The van der Waals surface area contributed by atoms with Crippen molar-refractivity contribution in [3.8, 4) is 5.75 Å². The Kier molecular flexibility index (Phi) is 4.33. The van der Waals surface area contributed by atoms with Gasteiger partial charge in [-0.2, -0.15) is 0 Å². The van der Waals surface area contributed by atoms with Crippen molar-refractivity contribution in [1.82, 2.24) is 0 Å². The number of ether oxygens (including phenoxy) is 1. The van der Waals surface area contributed by atoms with Gasteiger partial charge in [0, 0.05) is 5.54 Å². The zero-order valence-corrected chi connectivity index (χ0v) is 12.8. The normalized spacial score (nSPS) is 28.1. The average Bonchev–Trinajstić information content (AvgIpc) is 2.33. The molecule has 1 fully saturated rings. The van der Waals surface area contributed by atoms with Crippen molar-refractivity contribution in [3.63, 3.8) is 0 Å². The highest BCUT2D eigenvalue weighted by molar-refractivity contribution is 9.10. The summed E-state index contributed by atoms with van der Waals surface area (Å²) in [7, 11) is 1.69. The van der Waals surface area contributed by atoms with E-state index < -0.39 is 0 Å². The summed E-state index contributed by atoms with van der Waals surface area (Å²) in [6.45, 7) is 2.29. The van der Waals surface area contributed by atoms with Gasteiger partial charge in [-0.25, -0.2) is 0 Å². The van der Waals surface area contributed by atoms with E-state index in [0.29, 0.717) is 5.92 Å². The molecule has 0 radical (unpaired) electrons. The molecule has 2 rings (SSSR count). The van der Waals surface area contributed by atoms with E-state index in [1.54, 1.807) is 7.11 Å². The molecule has 2 unspecified atom stereocenters. The van der Waals surface area contributed by atoms with Gasteiger partial charge in [-0.3, -0.25) is 0 Å². The average molecular weight is 312 g/mol. The topological polar surface area (TPSA) is 35.2 Å². The van der Waals surface area contributed by atoms with Crippen LogP contribution in [0.3, 0.4) is 0 Å². The Morgan fingerprint density at radius 3 is 2.83 bits per heavy atom. The van der Waals surface area contributed by atoms with E-state index in [1.165, 1.54) is 24.8 Å². The van der Waals surface area contributed by atoms with Crippen molar-refractivity contribution in [3.05, 3.63) is 28.2 Å². The van der Waals surface area contributed by atoms with Crippen LogP contribution in [0.25, 0.3) is 0 Å². The summed E-state index contributed by atoms with van der Waals surface area (Å²) in [5, 5.41) is 0. The number of methoxy groups -OCH3 is 1. The molecule has 1 aliphatic rings. The van der Waals surface area contributed by atoms with Gasteiger partial charge in [0.25, 0.3) is 0 Å². The lowest BCUT2D eigenvalue weighted by atomic mass is 9.71. The largest absolute Gasteiger partial charge is 0.496 e. The van der Waals surface area contributed by atoms with E-state index in [1.807, 2.05) is 6.07 Å². The maximum atomic E-state index is 6.61. The Labute approximate surface area is 118 Å². The molecule has 1 aliphatic carbocycles. The molecule has 0 spiro atoms. The summed E-state index contributed by atoms with van der Waals surface area (Å²) < 4.78 is 6.27. The van der Waals surface area contributed by atoms with Crippen LogP contribution in [0.4, 0.5) is 0 Å². The van der Waals surface area contributed by atoms with Crippen molar-refractivity contribution in [2.45, 2.75) is 44.6 Å². The summed E-state index contributed by atoms with van der Waals surface area (Å²) in [6, 6.07) is 6.27. The number of hydrogen-bond donors (Lipinski definition) is 1. The number of rotatable bonds is 3. The van der Waals surface area contributed by atoms with Gasteiger partial charge in [-0.15, -0.1) is 0 Å². The Morgan fingerprint density at radius 1 is 1.44 bits per heavy atom. The maximum Gasteiger partial charge on any atom is 0.133 e. The first-order valence-corrected chi connectivity index (χ1v) is 7.46. The van der Waals surface area contributed by atoms with Gasteiger partial charge in [0.15, 0.2) is 0 Å². The molecule has 0 amide bonds. The van der Waals surface area contributed by atoms with Crippen LogP contribution in [0.15, 0.2) is 22.7 Å². The molecule has 0 bridgehead atoms. The second-order valence-corrected chi connectivity index (χ2v) is 6.38. The summed E-state index contributed by atoms with van der Waals surface area (Å²) in [4.78, 5) is 0. The predicted molar refractivity (Wildman–Crippen MR) is 78.9 cm³/mol. The molecule has 1 aromatic rings. The van der Waals surface area contributed by atoms with E-state index >= 15 is 0 Å². The van der Waals surface area contributed by atoms with Crippen LogP contribution in [-0.4, -0.2) is 12.6 Å². The Bertz CT molecular complexity index is 421. The molecule has 0 saturated heterocycles. The fraction of sp³-hybridized carbons (Fsp3) is 0.600. The number of benzene rings is 1. The quantitative estimate of drug-likeness (QED) is 0.918. The molecule has 18 heavy (non-hydrogen) atoms. The number of nitrogens with two attached hydrogens (primary N) is 1. The maximum absolute atomic E-state index is 6.61. The highest BCUT2D eigenvalue weighted by Crippen LogP contribution is 2.35. The van der Waals surface area contributed by atoms with E-state index in [4.69, 9.17) is 10.5 Å². The first-order valence-electron chi connectivity index (χ1n) is 6.66. The van der Waals surface area contributed by atoms with Gasteiger partial charge < -0.3 is 10.5 Å². The number of halogens is 1. The van der Waals surface area contributed by atoms with Crippen molar-refractivity contribution in [1.29, 1.82) is 0 Å². The van der Waals surface area contributed by atoms with E-state index in [-0.39, 0.29) is 5.54 Å². The van der Waals surface area contributed by atoms with E-state index in [0.717, 1.165) is 23.1 Å². The molecule has 2 N–H and O–H groups in total.